The summed E-state index contributed by atoms with van der Waals surface area (Å²) >= 11 is 0. The van der Waals surface area contributed by atoms with E-state index < -0.39 is 6.55 Å². The van der Waals surface area contributed by atoms with Crippen molar-refractivity contribution in [2.75, 3.05) is 5.32 Å². The number of rotatable bonds is 4. The fourth-order valence-corrected chi connectivity index (χ4v) is 3.05. The summed E-state index contributed by atoms with van der Waals surface area (Å²) < 4.78 is 28.7. The standard InChI is InChI=1S/C18H14F2N6/c1-11-8-15(23-10-16-22-6-7-25(16)18(19)20)26-14-5-3-2-4-13(14)24-17(26)12(11)9-21/h2-8,18,23H,10H2,1H3. The van der Waals surface area contributed by atoms with Crippen molar-refractivity contribution in [2.24, 2.45) is 0 Å². The van der Waals surface area contributed by atoms with Gasteiger partial charge in [-0.2, -0.15) is 14.0 Å². The van der Waals surface area contributed by atoms with Gasteiger partial charge >= 0.3 is 6.55 Å². The molecule has 0 radical (unpaired) electrons. The molecule has 0 unspecified atom stereocenters. The summed E-state index contributed by atoms with van der Waals surface area (Å²) in [4.78, 5) is 8.54. The Morgan fingerprint density at radius 2 is 2.12 bits per heavy atom. The molecule has 0 fully saturated rings. The van der Waals surface area contributed by atoms with E-state index in [2.05, 4.69) is 21.4 Å². The highest BCUT2D eigenvalue weighted by Crippen LogP contribution is 2.27. The van der Waals surface area contributed by atoms with E-state index in [-0.39, 0.29) is 12.4 Å². The number of nitrogens with zero attached hydrogens (tertiary/aromatic N) is 5. The molecule has 6 nitrogen and oxygen atoms in total. The summed E-state index contributed by atoms with van der Waals surface area (Å²) in [5.41, 5.74) is 3.37. The Bertz CT molecular complexity index is 1150. The number of hydrogen-bond donors (Lipinski definition) is 1. The van der Waals surface area contributed by atoms with Crippen LogP contribution in [-0.4, -0.2) is 18.9 Å². The maximum atomic E-state index is 13.0. The van der Waals surface area contributed by atoms with Crippen molar-refractivity contribution in [3.05, 3.63) is 59.7 Å². The van der Waals surface area contributed by atoms with Gasteiger partial charge in [0.2, 0.25) is 0 Å². The maximum absolute atomic E-state index is 13.0. The summed E-state index contributed by atoms with van der Waals surface area (Å²) in [6.45, 7) is -0.709. The molecule has 1 aromatic carbocycles. The molecule has 4 aromatic rings. The number of nitriles is 1. The number of aromatic nitrogens is 4. The highest BCUT2D eigenvalue weighted by atomic mass is 19.3. The first-order valence-corrected chi connectivity index (χ1v) is 7.95. The van der Waals surface area contributed by atoms with E-state index in [1.165, 1.54) is 12.4 Å². The Kier molecular flexibility index (Phi) is 3.77. The average Bonchev–Trinajstić information content (AvgIpc) is 3.24. The molecule has 0 spiro atoms. The van der Waals surface area contributed by atoms with Gasteiger partial charge in [-0.15, -0.1) is 0 Å². The van der Waals surface area contributed by atoms with Crippen molar-refractivity contribution in [3.8, 4) is 6.07 Å². The Hall–Kier alpha value is -3.47. The van der Waals surface area contributed by atoms with Crippen molar-refractivity contribution in [1.29, 1.82) is 5.26 Å². The van der Waals surface area contributed by atoms with Crippen LogP contribution < -0.4 is 5.32 Å². The van der Waals surface area contributed by atoms with E-state index in [4.69, 9.17) is 0 Å². The summed E-state index contributed by atoms with van der Waals surface area (Å²) in [5.74, 6) is 0.883. The largest absolute Gasteiger partial charge is 0.364 e. The van der Waals surface area contributed by atoms with Crippen molar-refractivity contribution < 1.29 is 8.78 Å². The minimum absolute atomic E-state index is 0.115. The van der Waals surface area contributed by atoms with E-state index >= 15 is 0 Å². The Labute approximate surface area is 147 Å². The molecule has 1 N–H and O–H groups in total. The van der Waals surface area contributed by atoms with Crippen LogP contribution in [0.2, 0.25) is 0 Å². The minimum atomic E-state index is -2.65. The minimum Gasteiger partial charge on any atom is -0.364 e. The third-order valence-electron chi connectivity index (χ3n) is 4.27. The molecule has 3 aromatic heterocycles. The molecular formula is C18H14F2N6. The van der Waals surface area contributed by atoms with Gasteiger partial charge in [0, 0.05) is 12.4 Å². The Morgan fingerprint density at radius 3 is 2.88 bits per heavy atom. The second kappa shape index (κ2) is 6.11. The summed E-state index contributed by atoms with van der Waals surface area (Å²) in [6, 6.07) is 11.5. The molecule has 26 heavy (non-hydrogen) atoms. The van der Waals surface area contributed by atoms with Gasteiger partial charge in [0.05, 0.1) is 23.1 Å². The Morgan fingerprint density at radius 1 is 1.31 bits per heavy atom. The number of aryl methyl sites for hydroxylation is 1. The van der Waals surface area contributed by atoms with E-state index in [1.54, 1.807) is 0 Å². The number of para-hydroxylation sites is 2. The predicted molar refractivity (Wildman–Crippen MR) is 93.0 cm³/mol. The zero-order valence-corrected chi connectivity index (χ0v) is 13.8. The number of anilines is 1. The lowest BCUT2D eigenvalue weighted by Gasteiger charge is -2.13. The predicted octanol–water partition coefficient (Wildman–Crippen LogP) is 3.87. The molecule has 0 saturated carbocycles. The van der Waals surface area contributed by atoms with Crippen LogP contribution in [0.5, 0.6) is 0 Å². The topological polar surface area (TPSA) is 70.9 Å². The first kappa shape index (κ1) is 16.0. The van der Waals surface area contributed by atoms with Crippen LogP contribution in [0.25, 0.3) is 16.7 Å². The molecule has 0 aliphatic carbocycles. The van der Waals surface area contributed by atoms with Gasteiger partial charge in [0.25, 0.3) is 0 Å². The van der Waals surface area contributed by atoms with Gasteiger partial charge in [-0.05, 0) is 30.7 Å². The third-order valence-corrected chi connectivity index (χ3v) is 4.27. The summed E-state index contributed by atoms with van der Waals surface area (Å²) in [5, 5.41) is 12.6. The van der Waals surface area contributed by atoms with Crippen molar-refractivity contribution in [2.45, 2.75) is 20.0 Å². The van der Waals surface area contributed by atoms with Crippen molar-refractivity contribution in [1.82, 2.24) is 18.9 Å². The van der Waals surface area contributed by atoms with Crippen LogP contribution in [0.4, 0.5) is 14.6 Å². The van der Waals surface area contributed by atoms with Gasteiger partial charge in [-0.1, -0.05) is 12.1 Å². The van der Waals surface area contributed by atoms with E-state index in [0.717, 1.165) is 21.2 Å². The third kappa shape index (κ3) is 2.45. The monoisotopic (exact) mass is 352 g/mol. The molecule has 0 aliphatic heterocycles. The number of fused-ring (bicyclic) bond motifs is 3. The molecule has 4 rings (SSSR count). The van der Waals surface area contributed by atoms with E-state index in [1.807, 2.05) is 41.7 Å². The quantitative estimate of drug-likeness (QED) is 0.605. The SMILES string of the molecule is Cc1cc(NCc2nccn2C(F)F)n2c(nc3ccccc32)c1C#N. The molecule has 0 amide bonds. The number of nitrogens with one attached hydrogen (secondary N) is 1. The van der Waals surface area contributed by atoms with Gasteiger partial charge in [0.1, 0.15) is 17.7 Å². The number of alkyl halides is 2. The highest BCUT2D eigenvalue weighted by Gasteiger charge is 2.16. The number of pyridine rings is 1. The van der Waals surface area contributed by atoms with E-state index in [0.29, 0.717) is 17.0 Å². The van der Waals surface area contributed by atoms with Crippen LogP contribution in [-0.2, 0) is 6.54 Å². The van der Waals surface area contributed by atoms with Crippen LogP contribution in [0.1, 0.15) is 23.5 Å². The lowest BCUT2D eigenvalue weighted by atomic mass is 10.1. The average molecular weight is 352 g/mol. The fraction of sp³-hybridized carbons (Fsp3) is 0.167. The first-order valence-electron chi connectivity index (χ1n) is 7.95. The normalized spacial score (nSPS) is 11.3. The maximum Gasteiger partial charge on any atom is 0.319 e. The van der Waals surface area contributed by atoms with Crippen LogP contribution >= 0.6 is 0 Å². The zero-order chi connectivity index (χ0) is 18.3. The number of halogens is 2. The second-order valence-electron chi connectivity index (χ2n) is 5.84. The lowest BCUT2D eigenvalue weighted by molar-refractivity contribution is 0.0673. The van der Waals surface area contributed by atoms with Crippen molar-refractivity contribution >= 4 is 22.5 Å². The highest BCUT2D eigenvalue weighted by molar-refractivity contribution is 5.85. The molecule has 0 aliphatic rings. The van der Waals surface area contributed by atoms with Gasteiger partial charge in [-0.25, -0.2) is 9.97 Å². The van der Waals surface area contributed by atoms with Gasteiger partial charge in [0.15, 0.2) is 5.65 Å². The molecular weight excluding hydrogens is 338 g/mol. The van der Waals surface area contributed by atoms with Crippen LogP contribution in [0.15, 0.2) is 42.7 Å². The van der Waals surface area contributed by atoms with Crippen LogP contribution in [0, 0.1) is 18.3 Å². The molecule has 8 heteroatoms. The van der Waals surface area contributed by atoms with Crippen LogP contribution in [0.3, 0.4) is 0 Å². The fourth-order valence-electron chi connectivity index (χ4n) is 3.05. The molecule has 0 saturated heterocycles. The lowest BCUT2D eigenvalue weighted by Crippen LogP contribution is -2.11. The first-order chi connectivity index (χ1) is 12.6. The number of benzene rings is 1. The molecule has 3 heterocycles. The van der Waals surface area contributed by atoms with Crippen molar-refractivity contribution in [3.63, 3.8) is 0 Å². The van der Waals surface area contributed by atoms with Gasteiger partial charge in [-0.3, -0.25) is 8.97 Å². The summed E-state index contributed by atoms with van der Waals surface area (Å²) in [6.07, 6.45) is 2.59. The summed E-state index contributed by atoms with van der Waals surface area (Å²) in [7, 11) is 0. The molecule has 130 valence electrons. The Balaban J connectivity index is 1.84. The number of imidazole rings is 2. The zero-order valence-electron chi connectivity index (χ0n) is 13.8. The van der Waals surface area contributed by atoms with E-state index in [9.17, 15) is 14.0 Å². The molecule has 0 atom stereocenters. The van der Waals surface area contributed by atoms with Gasteiger partial charge < -0.3 is 5.32 Å². The number of hydrogen-bond acceptors (Lipinski definition) is 4. The second-order valence-corrected chi connectivity index (χ2v) is 5.84. The smallest absolute Gasteiger partial charge is 0.319 e. The molecule has 0 bridgehead atoms.